The molecule has 0 spiro atoms. The summed E-state index contributed by atoms with van der Waals surface area (Å²) in [5.41, 5.74) is 0. The second-order valence-corrected chi connectivity index (χ2v) is 11.0. The van der Waals surface area contributed by atoms with Gasteiger partial charge in [0.05, 0.1) is 22.4 Å². The molecule has 0 aliphatic carbocycles. The van der Waals surface area contributed by atoms with Crippen LogP contribution in [0.25, 0.3) is 0 Å². The van der Waals surface area contributed by atoms with E-state index in [9.17, 15) is 13.2 Å². The highest BCUT2D eigenvalue weighted by Crippen LogP contribution is 2.23. The lowest BCUT2D eigenvalue weighted by atomic mass is 10.2. The van der Waals surface area contributed by atoms with Crippen molar-refractivity contribution >= 4 is 38.7 Å². The molecule has 146 valence electrons. The van der Waals surface area contributed by atoms with Crippen LogP contribution in [0.15, 0.2) is 12.1 Å². The Morgan fingerprint density at radius 3 is 2.58 bits per heavy atom. The van der Waals surface area contributed by atoms with E-state index in [0.29, 0.717) is 25.4 Å². The van der Waals surface area contributed by atoms with Crippen molar-refractivity contribution < 1.29 is 13.2 Å². The molecule has 1 unspecified atom stereocenters. The van der Waals surface area contributed by atoms with Gasteiger partial charge in [0.1, 0.15) is 0 Å². The summed E-state index contributed by atoms with van der Waals surface area (Å²) in [5.74, 6) is 0.719. The summed E-state index contributed by atoms with van der Waals surface area (Å²) in [6, 6.07) is 4.03. The first-order valence-electron chi connectivity index (χ1n) is 9.05. The van der Waals surface area contributed by atoms with Crippen molar-refractivity contribution in [2.45, 2.75) is 25.9 Å². The Balaban J connectivity index is 1.47. The van der Waals surface area contributed by atoms with Crippen LogP contribution in [0.1, 0.15) is 18.2 Å². The largest absolute Gasteiger partial charge is 0.339 e. The van der Waals surface area contributed by atoms with E-state index < -0.39 is 9.84 Å². The van der Waals surface area contributed by atoms with E-state index in [-0.39, 0.29) is 17.7 Å². The van der Waals surface area contributed by atoms with Crippen molar-refractivity contribution in [1.29, 1.82) is 0 Å². The van der Waals surface area contributed by atoms with Crippen molar-refractivity contribution in [2.24, 2.45) is 0 Å². The van der Waals surface area contributed by atoms with Gasteiger partial charge in [0.2, 0.25) is 5.91 Å². The van der Waals surface area contributed by atoms with Crippen molar-refractivity contribution in [1.82, 2.24) is 14.7 Å². The van der Waals surface area contributed by atoms with Crippen molar-refractivity contribution in [3.05, 3.63) is 21.3 Å². The monoisotopic (exact) mass is 419 g/mol. The second-order valence-electron chi connectivity index (χ2n) is 6.98. The van der Waals surface area contributed by atoms with Gasteiger partial charge in [0, 0.05) is 43.6 Å². The zero-order chi connectivity index (χ0) is 18.7. The molecule has 6 nitrogen and oxygen atoms in total. The molecular weight excluding hydrogens is 394 g/mol. The van der Waals surface area contributed by atoms with Gasteiger partial charge in [0.15, 0.2) is 9.84 Å². The maximum absolute atomic E-state index is 12.6. The van der Waals surface area contributed by atoms with E-state index in [1.807, 2.05) is 17.0 Å². The van der Waals surface area contributed by atoms with Crippen LogP contribution in [0.2, 0.25) is 4.34 Å². The minimum Gasteiger partial charge on any atom is -0.339 e. The maximum atomic E-state index is 12.6. The summed E-state index contributed by atoms with van der Waals surface area (Å²) in [6.45, 7) is 6.89. The number of thiophene rings is 1. The van der Waals surface area contributed by atoms with E-state index in [1.54, 1.807) is 11.3 Å². The maximum Gasteiger partial charge on any atom is 0.236 e. The minimum atomic E-state index is -2.86. The molecule has 2 aliphatic heterocycles. The Labute approximate surface area is 164 Å². The quantitative estimate of drug-likeness (QED) is 0.700. The van der Waals surface area contributed by atoms with Crippen molar-refractivity contribution in [3.63, 3.8) is 0 Å². The minimum absolute atomic E-state index is 0.132. The molecule has 2 fully saturated rings. The number of hydrogen-bond acceptors (Lipinski definition) is 6. The Kier molecular flexibility index (Phi) is 6.61. The highest BCUT2D eigenvalue weighted by atomic mass is 35.5. The molecule has 0 bridgehead atoms. The molecule has 1 aromatic rings. The van der Waals surface area contributed by atoms with Crippen LogP contribution in [0, 0.1) is 0 Å². The lowest BCUT2D eigenvalue weighted by molar-refractivity contribution is -0.134. The second kappa shape index (κ2) is 8.56. The lowest BCUT2D eigenvalue weighted by Crippen LogP contribution is -2.53. The van der Waals surface area contributed by atoms with Crippen LogP contribution in [0.4, 0.5) is 0 Å². The molecule has 0 aromatic carbocycles. The summed E-state index contributed by atoms with van der Waals surface area (Å²) >= 11 is 7.53. The molecule has 0 N–H and O–H groups in total. The third kappa shape index (κ3) is 5.19. The molecule has 9 heteroatoms. The fraction of sp³-hybridized carbons (Fsp3) is 0.706. The first kappa shape index (κ1) is 20.1. The summed E-state index contributed by atoms with van der Waals surface area (Å²) in [4.78, 5) is 20.1. The summed E-state index contributed by atoms with van der Waals surface area (Å²) in [6.07, 6.45) is 0.725. The number of amides is 1. The Bertz CT molecular complexity index is 729. The molecule has 3 rings (SSSR count). The number of hydrogen-bond donors (Lipinski definition) is 0. The van der Waals surface area contributed by atoms with Gasteiger partial charge in [-0.2, -0.15) is 0 Å². The average molecular weight is 420 g/mol. The average Bonchev–Trinajstić information content (AvgIpc) is 3.19. The fourth-order valence-corrected chi connectivity index (χ4v) is 6.52. The molecule has 2 saturated heterocycles. The van der Waals surface area contributed by atoms with E-state index in [0.717, 1.165) is 41.8 Å². The van der Waals surface area contributed by atoms with Crippen LogP contribution in [-0.2, 0) is 21.2 Å². The van der Waals surface area contributed by atoms with Crippen LogP contribution < -0.4 is 0 Å². The number of halogens is 1. The number of sulfone groups is 1. The predicted octanol–water partition coefficient (Wildman–Crippen LogP) is 1.55. The highest BCUT2D eigenvalue weighted by Gasteiger charge is 2.34. The van der Waals surface area contributed by atoms with E-state index in [4.69, 9.17) is 11.6 Å². The van der Waals surface area contributed by atoms with Gasteiger partial charge in [-0.25, -0.2) is 8.42 Å². The molecule has 1 amide bonds. The van der Waals surface area contributed by atoms with Gasteiger partial charge in [0.25, 0.3) is 0 Å². The normalized spacial score (nSPS) is 23.7. The van der Waals surface area contributed by atoms with Gasteiger partial charge in [-0.05, 0) is 25.1 Å². The van der Waals surface area contributed by atoms with Crippen LogP contribution in [-0.4, -0.2) is 85.8 Å². The highest BCUT2D eigenvalue weighted by molar-refractivity contribution is 7.91. The number of carbonyl (C=O) groups is 1. The van der Waals surface area contributed by atoms with Crippen molar-refractivity contribution in [3.8, 4) is 0 Å². The molecule has 0 saturated carbocycles. The van der Waals surface area contributed by atoms with Crippen LogP contribution >= 0.6 is 22.9 Å². The first-order valence-corrected chi connectivity index (χ1v) is 12.1. The number of likely N-dealkylation sites (N-methyl/N-ethyl adjacent to an activating group) is 1. The van der Waals surface area contributed by atoms with E-state index >= 15 is 0 Å². The Morgan fingerprint density at radius 2 is 2.04 bits per heavy atom. The van der Waals surface area contributed by atoms with Gasteiger partial charge < -0.3 is 4.90 Å². The zero-order valence-electron chi connectivity index (χ0n) is 15.1. The third-order valence-electron chi connectivity index (χ3n) is 5.21. The number of rotatable bonds is 6. The zero-order valence-corrected chi connectivity index (χ0v) is 17.5. The molecule has 3 heterocycles. The van der Waals surface area contributed by atoms with Crippen LogP contribution in [0.3, 0.4) is 0 Å². The Hall–Kier alpha value is -0.670. The molecule has 2 aliphatic rings. The smallest absolute Gasteiger partial charge is 0.236 e. The van der Waals surface area contributed by atoms with Gasteiger partial charge in [-0.1, -0.05) is 18.5 Å². The SMILES string of the molecule is CCN(CC(=O)N1CCN(C2CCS(=O)(=O)C2)CC1)Cc1ccc(Cl)s1. The first-order chi connectivity index (χ1) is 12.4. The van der Waals surface area contributed by atoms with Crippen molar-refractivity contribution in [2.75, 3.05) is 50.8 Å². The molecular formula is C17H26ClN3O3S2. The summed E-state index contributed by atoms with van der Waals surface area (Å²) in [5, 5.41) is 0. The van der Waals surface area contributed by atoms with Gasteiger partial charge in [-0.15, -0.1) is 11.3 Å². The summed E-state index contributed by atoms with van der Waals surface area (Å²) < 4.78 is 24.1. The van der Waals surface area contributed by atoms with E-state index in [2.05, 4.69) is 16.7 Å². The predicted molar refractivity (Wildman–Crippen MR) is 105 cm³/mol. The topological polar surface area (TPSA) is 60.9 Å². The number of piperazine rings is 1. The number of carbonyl (C=O) groups excluding carboxylic acids is 1. The van der Waals surface area contributed by atoms with Crippen LogP contribution in [0.5, 0.6) is 0 Å². The van der Waals surface area contributed by atoms with E-state index in [1.165, 1.54) is 0 Å². The molecule has 26 heavy (non-hydrogen) atoms. The molecule has 1 atom stereocenters. The molecule has 1 aromatic heterocycles. The van der Waals surface area contributed by atoms with Gasteiger partial charge >= 0.3 is 0 Å². The Morgan fingerprint density at radius 1 is 1.31 bits per heavy atom. The third-order valence-corrected chi connectivity index (χ3v) is 8.17. The fourth-order valence-electron chi connectivity index (χ4n) is 3.63. The lowest BCUT2D eigenvalue weighted by Gasteiger charge is -2.38. The standard InChI is InChI=1S/C17H26ClN3O3S2/c1-2-19(11-15-3-4-16(18)25-15)12-17(22)21-8-6-20(7-9-21)14-5-10-26(23,24)13-14/h3-4,14H,2,5-13H2,1H3. The van der Waals surface area contributed by atoms with Gasteiger partial charge in [-0.3, -0.25) is 14.6 Å². The molecule has 0 radical (unpaired) electrons. The summed E-state index contributed by atoms with van der Waals surface area (Å²) in [7, 11) is -2.86. The number of nitrogens with zero attached hydrogens (tertiary/aromatic N) is 3.